The Bertz CT molecular complexity index is 266. The molecule has 0 unspecified atom stereocenters. The number of carbonyl (C=O) groups excluding carboxylic acids is 1. The molecule has 1 aromatic rings. The maximum Gasteiger partial charge on any atom is 0.317 e. The van der Waals surface area contributed by atoms with Gasteiger partial charge in [0.05, 0.1) is 6.20 Å². The molecule has 2 N–H and O–H groups in total. The topological polar surface area (TPSA) is 61.0 Å². The Kier molecular flexibility index (Phi) is 3.97. The van der Waals surface area contributed by atoms with Gasteiger partial charge in [0.25, 0.3) is 0 Å². The highest BCUT2D eigenvalue weighted by Crippen LogP contribution is 1.94. The second kappa shape index (κ2) is 5.26. The van der Waals surface area contributed by atoms with E-state index in [2.05, 4.69) is 15.5 Å². The molecule has 14 heavy (non-hydrogen) atoms. The van der Waals surface area contributed by atoms with Gasteiger partial charge in [-0.2, -0.15) is 5.10 Å². The average molecular weight is 196 g/mol. The fraction of sp³-hybridized carbons (Fsp3) is 0.556. The maximum absolute atomic E-state index is 11.5. The van der Waals surface area contributed by atoms with Gasteiger partial charge in [0.1, 0.15) is 0 Å². The van der Waals surface area contributed by atoms with Crippen molar-refractivity contribution in [1.82, 2.24) is 20.4 Å². The largest absolute Gasteiger partial charge is 0.334 e. The number of urea groups is 1. The predicted octanol–water partition coefficient (Wildman–Crippen LogP) is 0.961. The minimum Gasteiger partial charge on any atom is -0.334 e. The van der Waals surface area contributed by atoms with Gasteiger partial charge in [-0.3, -0.25) is 5.10 Å². The van der Waals surface area contributed by atoms with E-state index < -0.39 is 0 Å². The smallest absolute Gasteiger partial charge is 0.317 e. The Balaban J connectivity index is 2.34. The summed E-state index contributed by atoms with van der Waals surface area (Å²) < 4.78 is 0. The number of nitrogens with zero attached hydrogens (tertiary/aromatic N) is 2. The molecule has 0 bridgehead atoms. The quantitative estimate of drug-likeness (QED) is 0.753. The third-order valence-electron chi connectivity index (χ3n) is 2.05. The summed E-state index contributed by atoms with van der Waals surface area (Å²) in [5, 5.41) is 9.31. The van der Waals surface area contributed by atoms with E-state index in [1.54, 1.807) is 17.3 Å². The van der Waals surface area contributed by atoms with Crippen LogP contribution in [0.3, 0.4) is 0 Å². The fourth-order valence-electron chi connectivity index (χ4n) is 1.17. The molecule has 0 saturated carbocycles. The zero-order valence-corrected chi connectivity index (χ0v) is 8.58. The third kappa shape index (κ3) is 2.76. The first-order valence-electron chi connectivity index (χ1n) is 4.78. The summed E-state index contributed by atoms with van der Waals surface area (Å²) in [4.78, 5) is 13.2. The molecule has 0 aliphatic rings. The van der Waals surface area contributed by atoms with Crippen LogP contribution in [0.25, 0.3) is 0 Å². The summed E-state index contributed by atoms with van der Waals surface area (Å²) in [6.07, 6.45) is 3.46. The van der Waals surface area contributed by atoms with Gasteiger partial charge in [-0.05, 0) is 13.8 Å². The highest BCUT2D eigenvalue weighted by Gasteiger charge is 2.07. The second-order valence-electron chi connectivity index (χ2n) is 2.94. The molecule has 0 saturated heterocycles. The molecule has 0 aliphatic carbocycles. The number of hydrogen-bond donors (Lipinski definition) is 2. The number of aromatic amines is 1. The summed E-state index contributed by atoms with van der Waals surface area (Å²) in [6.45, 7) is 5.90. The monoisotopic (exact) mass is 196 g/mol. The lowest BCUT2D eigenvalue weighted by molar-refractivity contribution is 0.203. The maximum atomic E-state index is 11.5. The van der Waals surface area contributed by atoms with E-state index in [0.717, 1.165) is 18.7 Å². The minimum atomic E-state index is -0.0313. The number of H-pyrrole nitrogens is 1. The van der Waals surface area contributed by atoms with Gasteiger partial charge in [-0.25, -0.2) is 4.79 Å². The van der Waals surface area contributed by atoms with Gasteiger partial charge in [0.15, 0.2) is 0 Å². The van der Waals surface area contributed by atoms with Crippen molar-refractivity contribution in [3.63, 3.8) is 0 Å². The van der Waals surface area contributed by atoms with Gasteiger partial charge in [0.2, 0.25) is 0 Å². The van der Waals surface area contributed by atoms with Gasteiger partial charge in [-0.15, -0.1) is 0 Å². The molecular formula is C9H16N4O. The van der Waals surface area contributed by atoms with E-state index >= 15 is 0 Å². The summed E-state index contributed by atoms with van der Waals surface area (Å²) in [5.41, 5.74) is 0.977. The van der Waals surface area contributed by atoms with Crippen LogP contribution in [0, 0.1) is 0 Å². The number of amides is 2. The van der Waals surface area contributed by atoms with Crippen LogP contribution < -0.4 is 5.32 Å². The summed E-state index contributed by atoms with van der Waals surface area (Å²) in [6, 6.07) is -0.0313. The summed E-state index contributed by atoms with van der Waals surface area (Å²) >= 11 is 0. The van der Waals surface area contributed by atoms with Gasteiger partial charge < -0.3 is 10.2 Å². The zero-order valence-electron chi connectivity index (χ0n) is 8.58. The number of aromatic nitrogens is 2. The lowest BCUT2D eigenvalue weighted by Gasteiger charge is -2.18. The van der Waals surface area contributed by atoms with Crippen LogP contribution in [-0.4, -0.2) is 34.2 Å². The number of hydrogen-bond acceptors (Lipinski definition) is 2. The summed E-state index contributed by atoms with van der Waals surface area (Å²) in [5.74, 6) is 0. The van der Waals surface area contributed by atoms with Crippen LogP contribution >= 0.6 is 0 Å². The SMILES string of the molecule is CCN(CC)C(=O)NCc1cn[nH]c1. The third-order valence-corrected chi connectivity index (χ3v) is 2.05. The van der Waals surface area contributed by atoms with Crippen LogP contribution in [-0.2, 0) is 6.54 Å². The van der Waals surface area contributed by atoms with Gasteiger partial charge in [0, 0.05) is 31.4 Å². The Morgan fingerprint density at radius 3 is 2.79 bits per heavy atom. The van der Waals surface area contributed by atoms with Gasteiger partial charge in [-0.1, -0.05) is 0 Å². The van der Waals surface area contributed by atoms with Crippen LogP contribution in [0.2, 0.25) is 0 Å². The molecule has 1 heterocycles. The first-order valence-corrected chi connectivity index (χ1v) is 4.78. The van der Waals surface area contributed by atoms with Crippen molar-refractivity contribution in [2.45, 2.75) is 20.4 Å². The van der Waals surface area contributed by atoms with Crippen LogP contribution in [0.15, 0.2) is 12.4 Å². The van der Waals surface area contributed by atoms with Crippen molar-refractivity contribution in [2.24, 2.45) is 0 Å². The van der Waals surface area contributed by atoms with Crippen molar-refractivity contribution in [3.8, 4) is 0 Å². The summed E-state index contributed by atoms with van der Waals surface area (Å²) in [7, 11) is 0. The Morgan fingerprint density at radius 1 is 1.57 bits per heavy atom. The van der Waals surface area contributed by atoms with E-state index in [4.69, 9.17) is 0 Å². The molecule has 0 aromatic carbocycles. The molecule has 78 valence electrons. The van der Waals surface area contributed by atoms with E-state index in [-0.39, 0.29) is 6.03 Å². The predicted molar refractivity (Wildman–Crippen MR) is 53.7 cm³/mol. The first kappa shape index (κ1) is 10.6. The van der Waals surface area contributed by atoms with E-state index in [1.165, 1.54) is 0 Å². The van der Waals surface area contributed by atoms with E-state index in [0.29, 0.717) is 6.54 Å². The standard InChI is InChI=1S/C9H16N4O/c1-3-13(4-2)9(14)10-5-8-6-11-12-7-8/h6-7H,3-5H2,1-2H3,(H,10,14)(H,11,12). The number of carbonyl (C=O) groups is 1. The van der Waals surface area contributed by atoms with Crippen molar-refractivity contribution in [2.75, 3.05) is 13.1 Å². The van der Waals surface area contributed by atoms with Crippen molar-refractivity contribution >= 4 is 6.03 Å². The van der Waals surface area contributed by atoms with Crippen molar-refractivity contribution in [3.05, 3.63) is 18.0 Å². The van der Waals surface area contributed by atoms with Crippen LogP contribution in [0.1, 0.15) is 19.4 Å². The molecule has 0 atom stereocenters. The number of nitrogens with one attached hydrogen (secondary N) is 2. The molecule has 0 aliphatic heterocycles. The van der Waals surface area contributed by atoms with Gasteiger partial charge >= 0.3 is 6.03 Å². The fourth-order valence-corrected chi connectivity index (χ4v) is 1.17. The minimum absolute atomic E-state index is 0.0313. The highest BCUT2D eigenvalue weighted by atomic mass is 16.2. The second-order valence-corrected chi connectivity index (χ2v) is 2.94. The molecule has 0 fully saturated rings. The molecule has 1 aromatic heterocycles. The van der Waals surface area contributed by atoms with Crippen molar-refractivity contribution in [1.29, 1.82) is 0 Å². The molecule has 0 radical (unpaired) electrons. The Labute approximate surface area is 83.5 Å². The van der Waals surface area contributed by atoms with Crippen LogP contribution in [0.4, 0.5) is 4.79 Å². The zero-order chi connectivity index (χ0) is 10.4. The number of rotatable bonds is 4. The normalized spacial score (nSPS) is 9.86. The van der Waals surface area contributed by atoms with E-state index in [9.17, 15) is 4.79 Å². The first-order chi connectivity index (χ1) is 6.77. The Morgan fingerprint density at radius 2 is 2.29 bits per heavy atom. The lowest BCUT2D eigenvalue weighted by atomic mass is 10.4. The molecule has 5 nitrogen and oxygen atoms in total. The Hall–Kier alpha value is -1.52. The highest BCUT2D eigenvalue weighted by molar-refractivity contribution is 5.74. The molecule has 2 amide bonds. The molecular weight excluding hydrogens is 180 g/mol. The van der Waals surface area contributed by atoms with Crippen LogP contribution in [0.5, 0.6) is 0 Å². The average Bonchev–Trinajstić information content (AvgIpc) is 2.69. The van der Waals surface area contributed by atoms with E-state index in [1.807, 2.05) is 13.8 Å². The molecule has 5 heteroatoms. The van der Waals surface area contributed by atoms with Crippen molar-refractivity contribution < 1.29 is 4.79 Å². The molecule has 0 spiro atoms. The lowest BCUT2D eigenvalue weighted by Crippen LogP contribution is -2.39. The molecule has 1 rings (SSSR count).